The molecule has 0 radical (unpaired) electrons. The Morgan fingerprint density at radius 1 is 1.24 bits per heavy atom. The number of hydrogen-bond donors (Lipinski definition) is 1. The van der Waals surface area contributed by atoms with Crippen molar-refractivity contribution in [1.82, 2.24) is 9.99 Å². The van der Waals surface area contributed by atoms with E-state index in [0.717, 1.165) is 34.1 Å². The fraction of sp³-hybridized carbons (Fsp3) is 0.381. The fourth-order valence-corrected chi connectivity index (χ4v) is 6.17. The predicted octanol–water partition coefficient (Wildman–Crippen LogP) is 3.92. The van der Waals surface area contributed by atoms with Crippen molar-refractivity contribution in [3.8, 4) is 5.69 Å². The van der Waals surface area contributed by atoms with Crippen LogP contribution in [-0.4, -0.2) is 45.4 Å². The summed E-state index contributed by atoms with van der Waals surface area (Å²) in [6, 6.07) is 9.27. The minimum atomic E-state index is -0.357. The number of carbonyl (C=O) groups excluding carboxylic acids is 2. The molecule has 1 saturated heterocycles. The zero-order valence-corrected chi connectivity index (χ0v) is 18.7. The first-order valence-corrected chi connectivity index (χ1v) is 11.3. The summed E-state index contributed by atoms with van der Waals surface area (Å²) in [5.41, 5.74) is 7.06. The summed E-state index contributed by atoms with van der Waals surface area (Å²) in [6.45, 7) is 6.11. The standard InChI is InChI=1S/C21H25N3O3S2/c1-14-11-17(13-22-23-19(25)12-21(3)28-9-10-29-21)15(2)24(14)18-7-5-16(6-8-18)20(26)27-4/h5-8,11,13H,9-10,12H2,1-4H3,(H,23,25). The molecule has 1 aliphatic rings. The summed E-state index contributed by atoms with van der Waals surface area (Å²) in [7, 11) is 1.37. The van der Waals surface area contributed by atoms with Gasteiger partial charge in [-0.25, -0.2) is 10.2 Å². The van der Waals surface area contributed by atoms with E-state index in [1.165, 1.54) is 7.11 Å². The van der Waals surface area contributed by atoms with Gasteiger partial charge in [0.25, 0.3) is 0 Å². The number of ether oxygens (including phenoxy) is 1. The van der Waals surface area contributed by atoms with Crippen LogP contribution < -0.4 is 5.43 Å². The molecule has 8 heteroatoms. The van der Waals surface area contributed by atoms with E-state index < -0.39 is 0 Å². The molecule has 1 amide bonds. The fourth-order valence-electron chi connectivity index (χ4n) is 3.34. The monoisotopic (exact) mass is 431 g/mol. The predicted molar refractivity (Wildman–Crippen MR) is 120 cm³/mol. The molecule has 0 bridgehead atoms. The van der Waals surface area contributed by atoms with Gasteiger partial charge in [0.2, 0.25) is 5.91 Å². The maximum absolute atomic E-state index is 12.2. The third-order valence-corrected chi connectivity index (χ3v) is 8.08. The van der Waals surface area contributed by atoms with Crippen molar-refractivity contribution >= 4 is 41.6 Å². The quantitative estimate of drug-likeness (QED) is 0.426. The van der Waals surface area contributed by atoms with Crippen molar-refractivity contribution in [2.24, 2.45) is 5.10 Å². The van der Waals surface area contributed by atoms with E-state index in [-0.39, 0.29) is 16.0 Å². The summed E-state index contributed by atoms with van der Waals surface area (Å²) < 4.78 is 6.78. The molecule has 154 valence electrons. The van der Waals surface area contributed by atoms with E-state index in [0.29, 0.717) is 12.0 Å². The number of rotatable bonds is 6. The molecule has 0 saturated carbocycles. The molecule has 2 heterocycles. The topological polar surface area (TPSA) is 72.7 Å². The summed E-state index contributed by atoms with van der Waals surface area (Å²) in [4.78, 5) is 23.8. The molecule has 0 aliphatic carbocycles. The average Bonchev–Trinajstić information content (AvgIpc) is 3.24. The SMILES string of the molecule is COC(=O)c1ccc(-n2c(C)cc(C=NNC(=O)CC3(C)SCCS3)c2C)cc1. The Kier molecular flexibility index (Phi) is 6.74. The zero-order valence-electron chi connectivity index (χ0n) is 17.0. The number of amides is 1. The van der Waals surface area contributed by atoms with Gasteiger partial charge in [-0.1, -0.05) is 0 Å². The Hall–Kier alpha value is -2.19. The zero-order chi connectivity index (χ0) is 21.0. The number of aryl methyl sites for hydroxylation is 1. The van der Waals surface area contributed by atoms with E-state index in [1.807, 2.05) is 55.6 Å². The molecule has 3 rings (SSSR count). The molecular formula is C21H25N3O3S2. The van der Waals surface area contributed by atoms with E-state index in [2.05, 4.69) is 22.0 Å². The van der Waals surface area contributed by atoms with Crippen LogP contribution >= 0.6 is 23.5 Å². The molecule has 0 atom stereocenters. The molecule has 1 aliphatic heterocycles. The van der Waals surface area contributed by atoms with Crippen LogP contribution in [-0.2, 0) is 9.53 Å². The number of aromatic nitrogens is 1. The molecule has 6 nitrogen and oxygen atoms in total. The van der Waals surface area contributed by atoms with Crippen LogP contribution in [0.5, 0.6) is 0 Å². The molecule has 1 N–H and O–H groups in total. The van der Waals surface area contributed by atoms with Gasteiger partial charge in [0.15, 0.2) is 0 Å². The number of thioether (sulfide) groups is 2. The van der Waals surface area contributed by atoms with Gasteiger partial charge in [0.1, 0.15) is 0 Å². The van der Waals surface area contributed by atoms with Crippen LogP contribution in [0.4, 0.5) is 0 Å². The summed E-state index contributed by atoms with van der Waals surface area (Å²) in [5.74, 6) is 1.75. The lowest BCUT2D eigenvalue weighted by Crippen LogP contribution is -2.26. The lowest BCUT2D eigenvalue weighted by molar-refractivity contribution is -0.121. The minimum absolute atomic E-state index is 0.0498. The summed E-state index contributed by atoms with van der Waals surface area (Å²) in [5, 5.41) is 4.15. The second kappa shape index (κ2) is 9.09. The van der Waals surface area contributed by atoms with Gasteiger partial charge in [-0.3, -0.25) is 4.79 Å². The van der Waals surface area contributed by atoms with Gasteiger partial charge in [-0.2, -0.15) is 5.10 Å². The maximum Gasteiger partial charge on any atom is 0.337 e. The molecule has 29 heavy (non-hydrogen) atoms. The number of hydrogen-bond acceptors (Lipinski definition) is 6. The number of carbonyl (C=O) groups is 2. The van der Waals surface area contributed by atoms with Crippen LogP contribution in [0.25, 0.3) is 5.69 Å². The maximum atomic E-state index is 12.2. The highest BCUT2D eigenvalue weighted by Crippen LogP contribution is 2.45. The van der Waals surface area contributed by atoms with Gasteiger partial charge in [-0.05, 0) is 51.1 Å². The number of methoxy groups -OCH3 is 1. The summed E-state index contributed by atoms with van der Waals surface area (Å²) >= 11 is 3.66. The first-order chi connectivity index (χ1) is 13.8. The van der Waals surface area contributed by atoms with Crippen LogP contribution in [0.2, 0.25) is 0 Å². The van der Waals surface area contributed by atoms with Crippen molar-refractivity contribution in [3.63, 3.8) is 0 Å². The second-order valence-corrected chi connectivity index (χ2v) is 10.5. The minimum Gasteiger partial charge on any atom is -0.465 e. The first kappa shape index (κ1) is 21.5. The van der Waals surface area contributed by atoms with Gasteiger partial charge >= 0.3 is 5.97 Å². The Morgan fingerprint density at radius 2 is 1.90 bits per heavy atom. The van der Waals surface area contributed by atoms with Gasteiger partial charge in [0, 0.05) is 34.1 Å². The Labute approximate surface area is 179 Å². The van der Waals surface area contributed by atoms with Crippen molar-refractivity contribution in [1.29, 1.82) is 0 Å². The Bertz CT molecular complexity index is 929. The third-order valence-electron chi connectivity index (χ3n) is 4.79. The van der Waals surface area contributed by atoms with Crippen LogP contribution in [0, 0.1) is 13.8 Å². The van der Waals surface area contributed by atoms with Gasteiger partial charge < -0.3 is 9.30 Å². The largest absolute Gasteiger partial charge is 0.465 e. The van der Waals surface area contributed by atoms with Crippen molar-refractivity contribution in [2.45, 2.75) is 31.3 Å². The van der Waals surface area contributed by atoms with Crippen molar-refractivity contribution in [2.75, 3.05) is 18.6 Å². The lowest BCUT2D eigenvalue weighted by atomic mass is 10.2. The lowest BCUT2D eigenvalue weighted by Gasteiger charge is -2.19. The number of nitrogens with one attached hydrogen (secondary N) is 1. The van der Waals surface area contributed by atoms with Crippen LogP contribution in [0.1, 0.15) is 40.7 Å². The van der Waals surface area contributed by atoms with Crippen molar-refractivity contribution in [3.05, 3.63) is 52.8 Å². The number of benzene rings is 1. The van der Waals surface area contributed by atoms with Crippen LogP contribution in [0.15, 0.2) is 35.4 Å². The van der Waals surface area contributed by atoms with E-state index in [4.69, 9.17) is 4.74 Å². The number of nitrogens with zero attached hydrogens (tertiary/aromatic N) is 2. The molecule has 1 aromatic heterocycles. The Balaban J connectivity index is 1.69. The molecule has 2 aromatic rings. The molecule has 0 unspecified atom stereocenters. The normalized spacial score (nSPS) is 15.6. The third kappa shape index (κ3) is 5.05. The van der Waals surface area contributed by atoms with E-state index >= 15 is 0 Å². The first-order valence-electron chi connectivity index (χ1n) is 9.30. The van der Waals surface area contributed by atoms with Crippen molar-refractivity contribution < 1.29 is 14.3 Å². The van der Waals surface area contributed by atoms with Gasteiger partial charge in [-0.15, -0.1) is 23.5 Å². The molecular weight excluding hydrogens is 406 g/mol. The molecule has 0 spiro atoms. The second-order valence-electron chi connectivity index (χ2n) is 7.00. The number of esters is 1. The summed E-state index contributed by atoms with van der Waals surface area (Å²) in [6.07, 6.45) is 2.13. The molecule has 1 fully saturated rings. The average molecular weight is 432 g/mol. The molecule has 1 aromatic carbocycles. The Morgan fingerprint density at radius 3 is 2.52 bits per heavy atom. The highest BCUT2D eigenvalue weighted by molar-refractivity contribution is 8.21. The van der Waals surface area contributed by atoms with Crippen LogP contribution in [0.3, 0.4) is 0 Å². The highest BCUT2D eigenvalue weighted by Gasteiger charge is 2.32. The smallest absolute Gasteiger partial charge is 0.337 e. The van der Waals surface area contributed by atoms with Gasteiger partial charge in [0.05, 0.1) is 29.4 Å². The van der Waals surface area contributed by atoms with E-state index in [1.54, 1.807) is 18.3 Å². The van der Waals surface area contributed by atoms with E-state index in [9.17, 15) is 9.59 Å². The highest BCUT2D eigenvalue weighted by atomic mass is 32.2. The number of hydrazone groups is 1.